The molecule has 0 amide bonds. The first-order chi connectivity index (χ1) is 7.65. The maximum absolute atomic E-state index is 11.1. The molecular weight excluding hydrogens is 222 g/mol. The molecule has 1 fully saturated rings. The van der Waals surface area contributed by atoms with Gasteiger partial charge in [0.05, 0.1) is 4.70 Å². The third kappa shape index (κ3) is 1.90. The summed E-state index contributed by atoms with van der Waals surface area (Å²) in [4.78, 5) is 10.8. The van der Waals surface area contributed by atoms with Crippen molar-refractivity contribution in [3.8, 4) is 0 Å². The molecule has 0 spiro atoms. The Morgan fingerprint density at radius 3 is 3.00 bits per heavy atom. The van der Waals surface area contributed by atoms with Crippen LogP contribution in [0.5, 0.6) is 0 Å². The minimum absolute atomic E-state index is 0.0877. The molecule has 4 heteroatoms. The molecule has 0 radical (unpaired) electrons. The number of aryl methyl sites for hydroxylation is 1. The van der Waals surface area contributed by atoms with E-state index in [1.54, 1.807) is 0 Å². The summed E-state index contributed by atoms with van der Waals surface area (Å²) < 4.78 is 6.01. The van der Waals surface area contributed by atoms with Crippen molar-refractivity contribution < 1.29 is 4.42 Å². The van der Waals surface area contributed by atoms with E-state index >= 15 is 0 Å². The molecule has 1 aromatic heterocycles. The summed E-state index contributed by atoms with van der Waals surface area (Å²) in [5.41, 5.74) is 8.03. The fraction of sp³-hybridized carbons (Fsp3) is 0.417. The topological polar surface area (TPSA) is 56.2 Å². The zero-order chi connectivity index (χ0) is 11.2. The van der Waals surface area contributed by atoms with E-state index in [2.05, 4.69) is 6.07 Å². The van der Waals surface area contributed by atoms with Gasteiger partial charge in [0.1, 0.15) is 5.58 Å². The average Bonchev–Trinajstić information content (AvgIpc) is 2.87. The predicted octanol–water partition coefficient (Wildman–Crippen LogP) is 2.28. The lowest BCUT2D eigenvalue weighted by Gasteiger charge is -2.07. The molecule has 1 heterocycles. The molecule has 16 heavy (non-hydrogen) atoms. The number of benzene rings is 1. The number of hydrogen-bond acceptors (Lipinski definition) is 4. The van der Waals surface area contributed by atoms with Crippen LogP contribution in [0.1, 0.15) is 24.8 Å². The van der Waals surface area contributed by atoms with Gasteiger partial charge in [-0.05, 0) is 43.4 Å². The highest BCUT2D eigenvalue weighted by molar-refractivity contribution is 7.16. The third-order valence-corrected chi connectivity index (χ3v) is 4.01. The molecule has 0 saturated heterocycles. The van der Waals surface area contributed by atoms with E-state index in [0.717, 1.165) is 41.7 Å². The molecule has 2 N–H and O–H groups in total. The zero-order valence-electron chi connectivity index (χ0n) is 8.86. The molecule has 1 saturated carbocycles. The van der Waals surface area contributed by atoms with Gasteiger partial charge in [-0.15, -0.1) is 0 Å². The molecule has 0 atom stereocenters. The molecule has 2 aromatic rings. The van der Waals surface area contributed by atoms with Crippen molar-refractivity contribution in [2.45, 2.75) is 31.2 Å². The maximum atomic E-state index is 11.1. The van der Waals surface area contributed by atoms with E-state index in [9.17, 15) is 4.79 Å². The highest BCUT2D eigenvalue weighted by Crippen LogP contribution is 2.36. The van der Waals surface area contributed by atoms with E-state index in [4.69, 9.17) is 10.2 Å². The Morgan fingerprint density at radius 1 is 1.44 bits per heavy atom. The van der Waals surface area contributed by atoms with Crippen LogP contribution in [-0.2, 0) is 6.42 Å². The lowest BCUT2D eigenvalue weighted by Crippen LogP contribution is -2.21. The second-order valence-electron chi connectivity index (χ2n) is 4.60. The van der Waals surface area contributed by atoms with Gasteiger partial charge in [0.25, 0.3) is 0 Å². The highest BCUT2D eigenvalue weighted by atomic mass is 32.1. The van der Waals surface area contributed by atoms with E-state index in [1.165, 1.54) is 5.56 Å². The number of hydrogen-bond donors (Lipinski definition) is 1. The Kier molecular flexibility index (Phi) is 2.16. The summed E-state index contributed by atoms with van der Waals surface area (Å²) in [7, 11) is 0. The summed E-state index contributed by atoms with van der Waals surface area (Å²) in [5.74, 6) is 0. The van der Waals surface area contributed by atoms with Crippen molar-refractivity contribution in [3.05, 3.63) is 33.5 Å². The molecule has 84 valence electrons. The first-order valence-electron chi connectivity index (χ1n) is 5.46. The van der Waals surface area contributed by atoms with Gasteiger partial charge in [0, 0.05) is 5.54 Å². The molecule has 3 rings (SSSR count). The van der Waals surface area contributed by atoms with Gasteiger partial charge in [-0.2, -0.15) is 0 Å². The summed E-state index contributed by atoms with van der Waals surface area (Å²) in [6.45, 7) is 0. The van der Waals surface area contributed by atoms with Crippen LogP contribution < -0.4 is 10.7 Å². The fourth-order valence-electron chi connectivity index (χ4n) is 1.88. The van der Waals surface area contributed by atoms with Gasteiger partial charge in [0.2, 0.25) is 0 Å². The van der Waals surface area contributed by atoms with Crippen LogP contribution in [0, 0.1) is 0 Å². The van der Waals surface area contributed by atoms with Crippen LogP contribution in [0.25, 0.3) is 10.3 Å². The van der Waals surface area contributed by atoms with E-state index in [1.807, 2.05) is 12.1 Å². The molecule has 3 nitrogen and oxygen atoms in total. The summed E-state index contributed by atoms with van der Waals surface area (Å²) >= 11 is 1.15. The minimum Gasteiger partial charge on any atom is -0.414 e. The lowest BCUT2D eigenvalue weighted by molar-refractivity contribution is 0.583. The van der Waals surface area contributed by atoms with E-state index in [0.29, 0.717) is 5.58 Å². The van der Waals surface area contributed by atoms with Crippen LogP contribution in [0.4, 0.5) is 0 Å². The van der Waals surface area contributed by atoms with Gasteiger partial charge >= 0.3 is 4.94 Å². The van der Waals surface area contributed by atoms with E-state index in [-0.39, 0.29) is 10.5 Å². The van der Waals surface area contributed by atoms with Crippen molar-refractivity contribution in [2.75, 3.05) is 0 Å². The van der Waals surface area contributed by atoms with Crippen LogP contribution in [-0.4, -0.2) is 5.54 Å². The second-order valence-corrected chi connectivity index (χ2v) is 5.57. The van der Waals surface area contributed by atoms with Crippen LogP contribution in [0.15, 0.2) is 27.4 Å². The Labute approximate surface area is 96.9 Å². The molecule has 0 bridgehead atoms. The molecular formula is C12H13NO2S. The standard InChI is InChI=1S/C12H13NO2S/c13-12(5-6-12)4-3-8-1-2-10-9(7-8)15-11(14)16-10/h1-2,7H,3-6,13H2. The lowest BCUT2D eigenvalue weighted by atomic mass is 10.0. The molecule has 0 unspecified atom stereocenters. The smallest absolute Gasteiger partial charge is 0.396 e. The average molecular weight is 235 g/mol. The summed E-state index contributed by atoms with van der Waals surface area (Å²) in [5, 5.41) is 0. The SMILES string of the molecule is NC1(CCc2ccc3sc(=O)oc3c2)CC1. The third-order valence-electron chi connectivity index (χ3n) is 3.20. The Morgan fingerprint density at radius 2 is 2.25 bits per heavy atom. The molecule has 0 aliphatic heterocycles. The predicted molar refractivity (Wildman–Crippen MR) is 64.8 cm³/mol. The van der Waals surface area contributed by atoms with Crippen molar-refractivity contribution in [3.63, 3.8) is 0 Å². The molecule has 1 aliphatic rings. The van der Waals surface area contributed by atoms with Gasteiger partial charge < -0.3 is 10.2 Å². The van der Waals surface area contributed by atoms with Gasteiger partial charge in [-0.3, -0.25) is 0 Å². The highest BCUT2D eigenvalue weighted by Gasteiger charge is 2.37. The Balaban J connectivity index is 1.84. The van der Waals surface area contributed by atoms with Crippen LogP contribution in [0.3, 0.4) is 0 Å². The van der Waals surface area contributed by atoms with E-state index < -0.39 is 0 Å². The van der Waals surface area contributed by atoms with Gasteiger partial charge in [0.15, 0.2) is 0 Å². The Hall–Kier alpha value is -1.13. The normalized spacial score (nSPS) is 17.8. The van der Waals surface area contributed by atoms with Gasteiger partial charge in [-0.25, -0.2) is 4.79 Å². The first kappa shape index (κ1) is 10.1. The second kappa shape index (κ2) is 3.43. The number of fused-ring (bicyclic) bond motifs is 1. The fourth-order valence-corrected chi connectivity index (χ4v) is 2.52. The summed E-state index contributed by atoms with van der Waals surface area (Å²) in [6.07, 6.45) is 4.27. The largest absolute Gasteiger partial charge is 0.414 e. The van der Waals surface area contributed by atoms with Crippen molar-refractivity contribution in [2.24, 2.45) is 5.73 Å². The van der Waals surface area contributed by atoms with Crippen molar-refractivity contribution >= 4 is 21.6 Å². The van der Waals surface area contributed by atoms with Crippen molar-refractivity contribution in [1.29, 1.82) is 0 Å². The Bertz CT molecular complexity index is 580. The van der Waals surface area contributed by atoms with Gasteiger partial charge in [-0.1, -0.05) is 17.4 Å². The monoisotopic (exact) mass is 235 g/mol. The van der Waals surface area contributed by atoms with Crippen LogP contribution >= 0.6 is 11.3 Å². The summed E-state index contributed by atoms with van der Waals surface area (Å²) in [6, 6.07) is 5.97. The number of rotatable bonds is 3. The molecule has 1 aromatic carbocycles. The van der Waals surface area contributed by atoms with Crippen LogP contribution in [0.2, 0.25) is 0 Å². The minimum atomic E-state index is -0.232. The zero-order valence-corrected chi connectivity index (χ0v) is 9.68. The first-order valence-corrected chi connectivity index (χ1v) is 6.28. The molecule has 1 aliphatic carbocycles. The maximum Gasteiger partial charge on any atom is 0.396 e. The van der Waals surface area contributed by atoms with Crippen molar-refractivity contribution in [1.82, 2.24) is 0 Å². The number of nitrogens with two attached hydrogens (primary N) is 1. The quantitative estimate of drug-likeness (QED) is 0.888.